The van der Waals surface area contributed by atoms with Crippen LogP contribution in [0.15, 0.2) is 53.4 Å². The lowest BCUT2D eigenvalue weighted by Crippen LogP contribution is -2.48. The third kappa shape index (κ3) is 6.22. The molecule has 3 rings (SSSR count). The maximum atomic E-state index is 12.8. The minimum absolute atomic E-state index is 0.318. The summed E-state index contributed by atoms with van der Waals surface area (Å²) in [6.45, 7) is 4.21. The van der Waals surface area contributed by atoms with Gasteiger partial charge in [-0.25, -0.2) is 0 Å². The van der Waals surface area contributed by atoms with Crippen molar-refractivity contribution < 1.29 is 26.9 Å². The first-order chi connectivity index (χ1) is 14.0. The van der Waals surface area contributed by atoms with Crippen LogP contribution in [0.1, 0.15) is 33.1 Å². The first kappa shape index (κ1) is 22.6. The molecule has 0 radical (unpaired) electrons. The third-order valence-corrected chi connectivity index (χ3v) is 7.13. The van der Waals surface area contributed by atoms with Gasteiger partial charge in [-0.05, 0) is 80.1 Å². The fourth-order valence-corrected chi connectivity index (χ4v) is 5.20. The van der Waals surface area contributed by atoms with Gasteiger partial charge in [0, 0.05) is 16.2 Å². The molecule has 0 aliphatic heterocycles. The van der Waals surface area contributed by atoms with Gasteiger partial charge in [0.1, 0.15) is 17.2 Å². The van der Waals surface area contributed by atoms with Gasteiger partial charge in [0.25, 0.3) is 0 Å². The van der Waals surface area contributed by atoms with Gasteiger partial charge in [0.05, 0.1) is 10.8 Å². The highest BCUT2D eigenvalue weighted by Crippen LogP contribution is 2.37. The molecular formula is C22H26F3NO3S. The summed E-state index contributed by atoms with van der Waals surface area (Å²) in [6.07, 6.45) is -1.42. The fourth-order valence-electron chi connectivity index (χ4n) is 3.79. The van der Waals surface area contributed by atoms with E-state index in [0.717, 1.165) is 12.8 Å². The molecule has 1 aliphatic carbocycles. The molecule has 2 aromatic carbocycles. The topological polar surface area (TPSA) is 61.6 Å². The Balaban J connectivity index is 1.58. The van der Waals surface area contributed by atoms with E-state index in [0.29, 0.717) is 34.0 Å². The molecular weight excluding hydrogens is 415 g/mol. The number of ether oxygens (including phenoxy) is 2. The largest absolute Gasteiger partial charge is 0.573 e. The van der Waals surface area contributed by atoms with Crippen LogP contribution in [-0.4, -0.2) is 21.9 Å². The Morgan fingerprint density at radius 1 is 1.00 bits per heavy atom. The van der Waals surface area contributed by atoms with Crippen molar-refractivity contribution in [3.05, 3.63) is 48.5 Å². The number of nitrogens with two attached hydrogens (primary N) is 1. The summed E-state index contributed by atoms with van der Waals surface area (Å²) in [5.41, 5.74) is 6.03. The van der Waals surface area contributed by atoms with Crippen molar-refractivity contribution in [2.45, 2.75) is 49.9 Å². The van der Waals surface area contributed by atoms with Crippen molar-refractivity contribution in [3.8, 4) is 17.2 Å². The average Bonchev–Trinajstić information content (AvgIpc) is 3.10. The minimum atomic E-state index is -4.73. The van der Waals surface area contributed by atoms with Crippen LogP contribution in [-0.2, 0) is 10.8 Å². The molecule has 1 fully saturated rings. The van der Waals surface area contributed by atoms with Crippen LogP contribution in [0.25, 0.3) is 0 Å². The van der Waals surface area contributed by atoms with E-state index < -0.39 is 22.7 Å². The van der Waals surface area contributed by atoms with E-state index in [1.165, 1.54) is 30.7 Å². The van der Waals surface area contributed by atoms with Crippen molar-refractivity contribution in [2.75, 3.05) is 5.75 Å². The molecule has 4 unspecified atom stereocenters. The van der Waals surface area contributed by atoms with Gasteiger partial charge in [-0.3, -0.25) is 4.21 Å². The minimum Gasteiger partial charge on any atom is -0.457 e. The van der Waals surface area contributed by atoms with Crippen LogP contribution in [0.3, 0.4) is 0 Å². The Kier molecular flexibility index (Phi) is 6.77. The van der Waals surface area contributed by atoms with E-state index in [9.17, 15) is 17.4 Å². The zero-order chi connectivity index (χ0) is 21.9. The highest BCUT2D eigenvalue weighted by molar-refractivity contribution is 7.85. The molecule has 164 valence electrons. The second-order valence-corrected chi connectivity index (χ2v) is 9.65. The Hall–Kier alpha value is -2.06. The van der Waals surface area contributed by atoms with Crippen LogP contribution in [0.4, 0.5) is 13.2 Å². The van der Waals surface area contributed by atoms with Crippen molar-refractivity contribution >= 4 is 10.8 Å². The number of hydrogen-bond acceptors (Lipinski definition) is 4. The second kappa shape index (κ2) is 8.98. The lowest BCUT2D eigenvalue weighted by molar-refractivity contribution is -0.274. The van der Waals surface area contributed by atoms with Crippen molar-refractivity contribution in [3.63, 3.8) is 0 Å². The molecule has 0 spiro atoms. The Bertz CT molecular complexity index is 867. The highest BCUT2D eigenvalue weighted by Gasteiger charge is 2.36. The highest BCUT2D eigenvalue weighted by atomic mass is 32.2. The van der Waals surface area contributed by atoms with Crippen LogP contribution >= 0.6 is 0 Å². The van der Waals surface area contributed by atoms with Crippen molar-refractivity contribution in [1.29, 1.82) is 0 Å². The molecule has 4 atom stereocenters. The van der Waals surface area contributed by atoms with Gasteiger partial charge < -0.3 is 15.2 Å². The molecule has 0 aromatic heterocycles. The summed E-state index contributed by atoms with van der Waals surface area (Å²) < 4.78 is 58.9. The molecule has 0 saturated heterocycles. The molecule has 4 nitrogen and oxygen atoms in total. The van der Waals surface area contributed by atoms with E-state index in [1.807, 2.05) is 6.92 Å². The lowest BCUT2D eigenvalue weighted by atomic mass is 9.86. The number of benzene rings is 2. The van der Waals surface area contributed by atoms with Gasteiger partial charge in [-0.2, -0.15) is 0 Å². The normalized spacial score (nSPS) is 22.3. The number of halogens is 3. The first-order valence-electron chi connectivity index (χ1n) is 9.83. The van der Waals surface area contributed by atoms with Crippen molar-refractivity contribution in [2.24, 2.45) is 17.6 Å². The van der Waals surface area contributed by atoms with E-state index in [4.69, 9.17) is 10.5 Å². The van der Waals surface area contributed by atoms with Crippen LogP contribution in [0, 0.1) is 11.8 Å². The lowest BCUT2D eigenvalue weighted by Gasteiger charge is -2.31. The zero-order valence-electron chi connectivity index (χ0n) is 16.9. The fraction of sp³-hybridized carbons (Fsp3) is 0.455. The molecule has 1 aliphatic rings. The molecule has 2 N–H and O–H groups in total. The zero-order valence-corrected chi connectivity index (χ0v) is 17.8. The van der Waals surface area contributed by atoms with Gasteiger partial charge in [-0.1, -0.05) is 13.3 Å². The van der Waals surface area contributed by atoms with Crippen molar-refractivity contribution in [1.82, 2.24) is 0 Å². The van der Waals surface area contributed by atoms with Gasteiger partial charge in [0.2, 0.25) is 0 Å². The Morgan fingerprint density at radius 3 is 2.03 bits per heavy atom. The predicted molar refractivity (Wildman–Crippen MR) is 110 cm³/mol. The molecule has 0 amide bonds. The first-order valence-corrected chi connectivity index (χ1v) is 11.1. The molecule has 30 heavy (non-hydrogen) atoms. The summed E-state index contributed by atoms with van der Waals surface area (Å²) in [5.74, 6) is 1.97. The van der Waals surface area contributed by atoms with Crippen LogP contribution in [0.5, 0.6) is 17.2 Å². The van der Waals surface area contributed by atoms with Gasteiger partial charge in [0.15, 0.2) is 0 Å². The maximum absolute atomic E-state index is 12.8. The second-order valence-electron chi connectivity index (χ2n) is 8.20. The molecule has 0 heterocycles. The smallest absolute Gasteiger partial charge is 0.457 e. The average molecular weight is 442 g/mol. The number of alkyl halides is 3. The summed E-state index contributed by atoms with van der Waals surface area (Å²) in [5, 5.41) is 0. The summed E-state index contributed by atoms with van der Waals surface area (Å²) in [4.78, 5) is 0.666. The number of hydrogen-bond donors (Lipinski definition) is 1. The molecule has 2 aromatic rings. The summed E-state index contributed by atoms with van der Waals surface area (Å²) in [7, 11) is -1.23. The van der Waals surface area contributed by atoms with Gasteiger partial charge >= 0.3 is 6.36 Å². The van der Waals surface area contributed by atoms with Crippen LogP contribution in [0.2, 0.25) is 0 Å². The van der Waals surface area contributed by atoms with E-state index in [2.05, 4.69) is 11.7 Å². The SMILES string of the molecule is CC1CCC(C(C)(N)CS(=O)c2ccc(Oc3ccc(OC(F)(F)F)cc3)cc2)C1. The van der Waals surface area contributed by atoms with E-state index >= 15 is 0 Å². The quantitative estimate of drug-likeness (QED) is 0.604. The molecule has 8 heteroatoms. The van der Waals surface area contributed by atoms with E-state index in [1.54, 1.807) is 24.3 Å². The molecule has 0 bridgehead atoms. The monoisotopic (exact) mass is 441 g/mol. The standard InChI is InChI=1S/C22H26F3NO3S/c1-15-3-4-16(13-15)21(2,26)14-30(27)20-11-9-18(10-12-20)28-17-5-7-19(8-6-17)29-22(23,24)25/h5-12,15-16H,3-4,13-14,26H2,1-2H3. The Labute approximate surface area is 177 Å². The Morgan fingerprint density at radius 2 is 1.53 bits per heavy atom. The third-order valence-electron chi connectivity index (χ3n) is 5.45. The van der Waals surface area contributed by atoms with E-state index in [-0.39, 0.29) is 5.75 Å². The maximum Gasteiger partial charge on any atom is 0.573 e. The van der Waals surface area contributed by atoms with Crippen LogP contribution < -0.4 is 15.2 Å². The summed E-state index contributed by atoms with van der Waals surface area (Å²) in [6, 6.07) is 11.9. The number of rotatable bonds is 7. The molecule has 1 saturated carbocycles. The predicted octanol–water partition coefficient (Wildman–Crippen LogP) is 5.64. The van der Waals surface area contributed by atoms with Gasteiger partial charge in [-0.15, -0.1) is 13.2 Å². The summed E-state index contributed by atoms with van der Waals surface area (Å²) >= 11 is 0.